The second-order valence-electron chi connectivity index (χ2n) is 6.58. The van der Waals surface area contributed by atoms with Crippen molar-refractivity contribution in [1.29, 1.82) is 0 Å². The van der Waals surface area contributed by atoms with Gasteiger partial charge < -0.3 is 0 Å². The van der Waals surface area contributed by atoms with E-state index in [9.17, 15) is 9.18 Å². The molecule has 4 heteroatoms. The summed E-state index contributed by atoms with van der Waals surface area (Å²) >= 11 is 2.09. The van der Waals surface area contributed by atoms with Crippen molar-refractivity contribution in [3.8, 4) is 0 Å². The lowest BCUT2D eigenvalue weighted by Gasteiger charge is -2.21. The van der Waals surface area contributed by atoms with Crippen molar-refractivity contribution in [2.75, 3.05) is 0 Å². The molecular weight excluding hydrogens is 416 g/mol. The molecule has 0 spiro atoms. The Labute approximate surface area is 156 Å². The van der Waals surface area contributed by atoms with Crippen LogP contribution in [0.1, 0.15) is 60.0 Å². The Hall–Kier alpha value is -1.30. The second-order valence-corrected chi connectivity index (χ2v) is 7.82. The monoisotopic (exact) mass is 437 g/mol. The molecule has 0 atom stereocenters. The van der Waals surface area contributed by atoms with Crippen LogP contribution in [0.15, 0.2) is 36.7 Å². The van der Waals surface area contributed by atoms with Crippen LogP contribution in [-0.4, -0.2) is 10.8 Å². The fourth-order valence-corrected chi connectivity index (χ4v) is 3.93. The first kappa shape index (κ1) is 17.5. The van der Waals surface area contributed by atoms with Gasteiger partial charge in [-0.3, -0.25) is 9.78 Å². The summed E-state index contributed by atoms with van der Waals surface area (Å²) < 4.78 is 15.0. The Morgan fingerprint density at radius 1 is 1.17 bits per heavy atom. The maximum atomic E-state index is 14.1. The number of hydrogen-bond acceptors (Lipinski definition) is 2. The highest BCUT2D eigenvalue weighted by atomic mass is 127. The Morgan fingerprint density at radius 3 is 2.71 bits per heavy atom. The first-order valence-corrected chi connectivity index (χ1v) is 9.61. The third-order valence-corrected chi connectivity index (χ3v) is 5.47. The average Bonchev–Trinajstić information content (AvgIpc) is 2.59. The molecule has 0 aliphatic heterocycles. The standard InChI is InChI=1S/C20H21FINO/c21-19-12-17(22)7-6-15(19)11-16-13-23-9-8-18(16)20(24)10-14-4-2-1-3-5-14/h6-9,12-14H,1-5,10-11H2. The molecule has 0 amide bonds. The number of ketones is 1. The normalized spacial score (nSPS) is 15.4. The summed E-state index contributed by atoms with van der Waals surface area (Å²) in [4.78, 5) is 16.9. The van der Waals surface area contributed by atoms with Crippen molar-refractivity contribution >= 4 is 28.4 Å². The number of nitrogens with zero attached hydrogens (tertiary/aromatic N) is 1. The lowest BCUT2D eigenvalue weighted by Crippen LogP contribution is -2.14. The zero-order valence-corrected chi connectivity index (χ0v) is 15.8. The third-order valence-electron chi connectivity index (χ3n) is 4.80. The van der Waals surface area contributed by atoms with E-state index in [1.54, 1.807) is 24.5 Å². The van der Waals surface area contributed by atoms with Gasteiger partial charge in [0.05, 0.1) is 0 Å². The molecule has 0 radical (unpaired) electrons. The highest BCUT2D eigenvalue weighted by molar-refractivity contribution is 14.1. The van der Waals surface area contributed by atoms with Gasteiger partial charge in [-0.25, -0.2) is 4.39 Å². The minimum absolute atomic E-state index is 0.171. The minimum atomic E-state index is -0.226. The molecule has 24 heavy (non-hydrogen) atoms. The van der Waals surface area contributed by atoms with Crippen LogP contribution >= 0.6 is 22.6 Å². The molecule has 3 rings (SSSR count). The quantitative estimate of drug-likeness (QED) is 0.452. The van der Waals surface area contributed by atoms with Crippen LogP contribution in [0.5, 0.6) is 0 Å². The summed E-state index contributed by atoms with van der Waals surface area (Å²) in [5.74, 6) is 0.448. The van der Waals surface area contributed by atoms with Crippen molar-refractivity contribution in [2.24, 2.45) is 5.92 Å². The zero-order valence-electron chi connectivity index (χ0n) is 13.6. The predicted molar refractivity (Wildman–Crippen MR) is 102 cm³/mol. The molecule has 1 saturated carbocycles. The van der Waals surface area contributed by atoms with Gasteiger partial charge in [-0.2, -0.15) is 0 Å². The average molecular weight is 437 g/mol. The first-order valence-electron chi connectivity index (χ1n) is 8.53. The number of carbonyl (C=O) groups is 1. The van der Waals surface area contributed by atoms with Crippen LogP contribution in [0.4, 0.5) is 4.39 Å². The van der Waals surface area contributed by atoms with Gasteiger partial charge in [-0.05, 0) is 57.8 Å². The molecule has 1 aromatic heterocycles. The number of carbonyl (C=O) groups excluding carboxylic acids is 1. The first-order chi connectivity index (χ1) is 11.6. The van der Waals surface area contributed by atoms with Crippen molar-refractivity contribution in [3.63, 3.8) is 0 Å². The van der Waals surface area contributed by atoms with E-state index in [-0.39, 0.29) is 11.6 Å². The van der Waals surface area contributed by atoms with Gasteiger partial charge in [0.2, 0.25) is 0 Å². The van der Waals surface area contributed by atoms with Crippen molar-refractivity contribution in [3.05, 3.63) is 62.7 Å². The molecular formula is C20H21FINO. The van der Waals surface area contributed by atoms with E-state index >= 15 is 0 Å². The second kappa shape index (κ2) is 8.19. The fraction of sp³-hybridized carbons (Fsp3) is 0.400. The van der Waals surface area contributed by atoms with Crippen LogP contribution in [0.2, 0.25) is 0 Å². The van der Waals surface area contributed by atoms with Gasteiger partial charge in [0.1, 0.15) is 5.82 Å². The molecule has 126 valence electrons. The Balaban J connectivity index is 1.78. The van der Waals surface area contributed by atoms with Crippen molar-refractivity contribution in [2.45, 2.75) is 44.9 Å². The molecule has 2 nitrogen and oxygen atoms in total. The lowest BCUT2D eigenvalue weighted by atomic mass is 9.84. The highest BCUT2D eigenvalue weighted by Crippen LogP contribution is 2.28. The molecule has 0 N–H and O–H groups in total. The Bertz CT molecular complexity index is 725. The molecule has 1 fully saturated rings. The van der Waals surface area contributed by atoms with Crippen molar-refractivity contribution < 1.29 is 9.18 Å². The van der Waals surface area contributed by atoms with Crippen LogP contribution < -0.4 is 0 Å². The minimum Gasteiger partial charge on any atom is -0.294 e. The SMILES string of the molecule is O=C(CC1CCCCC1)c1ccncc1Cc1ccc(I)cc1F. The van der Waals surface area contributed by atoms with Gasteiger partial charge >= 0.3 is 0 Å². The number of hydrogen-bond donors (Lipinski definition) is 0. The van der Waals surface area contributed by atoms with Gasteiger partial charge in [-0.1, -0.05) is 38.2 Å². The summed E-state index contributed by atoms with van der Waals surface area (Å²) in [7, 11) is 0. The summed E-state index contributed by atoms with van der Waals surface area (Å²) in [6, 6.07) is 6.99. The maximum Gasteiger partial charge on any atom is 0.163 e. The predicted octanol–water partition coefficient (Wildman–Crippen LogP) is 5.57. The topological polar surface area (TPSA) is 30.0 Å². The van der Waals surface area contributed by atoms with E-state index in [4.69, 9.17) is 0 Å². The fourth-order valence-electron chi connectivity index (χ4n) is 3.47. The smallest absolute Gasteiger partial charge is 0.163 e. The van der Waals surface area contributed by atoms with Crippen LogP contribution in [-0.2, 0) is 6.42 Å². The number of rotatable bonds is 5. The highest BCUT2D eigenvalue weighted by Gasteiger charge is 2.20. The molecule has 1 aliphatic rings. The van der Waals surface area contributed by atoms with Crippen LogP contribution in [0, 0.1) is 15.3 Å². The van der Waals surface area contributed by atoms with E-state index in [1.165, 1.54) is 25.3 Å². The summed E-state index contributed by atoms with van der Waals surface area (Å²) in [6.45, 7) is 0. The summed E-state index contributed by atoms with van der Waals surface area (Å²) in [5.41, 5.74) is 2.13. The Kier molecular flexibility index (Phi) is 5.98. The number of benzene rings is 1. The number of halogens is 2. The largest absolute Gasteiger partial charge is 0.294 e. The van der Waals surface area contributed by atoms with Gasteiger partial charge in [0.15, 0.2) is 5.78 Å². The van der Waals surface area contributed by atoms with Gasteiger partial charge in [0, 0.05) is 34.4 Å². The van der Waals surface area contributed by atoms with Gasteiger partial charge in [-0.15, -0.1) is 0 Å². The maximum absolute atomic E-state index is 14.1. The molecule has 0 unspecified atom stereocenters. The molecule has 0 bridgehead atoms. The summed E-state index contributed by atoms with van der Waals surface area (Å²) in [5, 5.41) is 0. The van der Waals surface area contributed by atoms with E-state index in [0.29, 0.717) is 29.9 Å². The zero-order chi connectivity index (χ0) is 16.9. The summed E-state index contributed by atoms with van der Waals surface area (Å²) in [6.07, 6.45) is 10.4. The molecule has 1 aliphatic carbocycles. The van der Waals surface area contributed by atoms with E-state index in [2.05, 4.69) is 27.6 Å². The molecule has 0 saturated heterocycles. The van der Waals surface area contributed by atoms with Crippen LogP contribution in [0.25, 0.3) is 0 Å². The number of pyridine rings is 1. The van der Waals surface area contributed by atoms with E-state index < -0.39 is 0 Å². The lowest BCUT2D eigenvalue weighted by molar-refractivity contribution is 0.0949. The number of Topliss-reactive ketones (excluding diaryl/α,β-unsaturated/α-hetero) is 1. The van der Waals surface area contributed by atoms with Gasteiger partial charge in [0.25, 0.3) is 0 Å². The van der Waals surface area contributed by atoms with Crippen molar-refractivity contribution in [1.82, 2.24) is 4.98 Å². The molecule has 1 aromatic carbocycles. The van der Waals surface area contributed by atoms with Crippen LogP contribution in [0.3, 0.4) is 0 Å². The molecule has 2 aromatic rings. The Morgan fingerprint density at radius 2 is 1.96 bits per heavy atom. The third kappa shape index (κ3) is 4.41. The van der Waals surface area contributed by atoms with E-state index in [1.807, 2.05) is 6.07 Å². The number of aromatic nitrogens is 1. The molecule has 1 heterocycles. The van der Waals surface area contributed by atoms with E-state index in [0.717, 1.165) is 22.0 Å².